The van der Waals surface area contributed by atoms with Crippen LogP contribution in [-0.4, -0.2) is 33.2 Å². The van der Waals surface area contributed by atoms with Gasteiger partial charge >= 0.3 is 0 Å². The summed E-state index contributed by atoms with van der Waals surface area (Å²) in [6.45, 7) is 1.91. The van der Waals surface area contributed by atoms with E-state index < -0.39 is 0 Å². The van der Waals surface area contributed by atoms with Crippen molar-refractivity contribution in [3.63, 3.8) is 0 Å². The van der Waals surface area contributed by atoms with E-state index in [2.05, 4.69) is 10.3 Å². The minimum atomic E-state index is -0.225. The summed E-state index contributed by atoms with van der Waals surface area (Å²) in [5.41, 5.74) is 1.80. The van der Waals surface area contributed by atoms with E-state index in [0.717, 1.165) is 11.0 Å². The number of para-hydroxylation sites is 2. The van der Waals surface area contributed by atoms with Crippen molar-refractivity contribution < 1.29 is 9.90 Å². The van der Waals surface area contributed by atoms with Gasteiger partial charge in [0.1, 0.15) is 6.54 Å². The number of nitrogens with zero attached hydrogens (tertiary/aromatic N) is 2. The van der Waals surface area contributed by atoms with Crippen LogP contribution in [0.25, 0.3) is 11.0 Å². The molecule has 1 atom stereocenters. The Morgan fingerprint density at radius 1 is 1.53 bits per heavy atom. The number of amides is 1. The molecule has 1 heterocycles. The summed E-state index contributed by atoms with van der Waals surface area (Å²) in [6.07, 6.45) is 1.65. The number of imidazole rings is 1. The zero-order chi connectivity index (χ0) is 12.3. The monoisotopic (exact) mass is 233 g/mol. The molecule has 0 spiro atoms. The first-order valence-corrected chi connectivity index (χ1v) is 5.51. The fourth-order valence-corrected chi connectivity index (χ4v) is 1.66. The Morgan fingerprint density at radius 3 is 3.06 bits per heavy atom. The first-order valence-electron chi connectivity index (χ1n) is 5.51. The highest BCUT2D eigenvalue weighted by molar-refractivity contribution is 5.80. The van der Waals surface area contributed by atoms with Gasteiger partial charge in [0.25, 0.3) is 0 Å². The van der Waals surface area contributed by atoms with E-state index in [1.165, 1.54) is 0 Å². The second-order valence-electron chi connectivity index (χ2n) is 4.01. The van der Waals surface area contributed by atoms with Gasteiger partial charge in [0, 0.05) is 6.04 Å². The van der Waals surface area contributed by atoms with Crippen molar-refractivity contribution >= 4 is 16.9 Å². The predicted octanol–water partition coefficient (Wildman–Crippen LogP) is 0.533. The predicted molar refractivity (Wildman–Crippen MR) is 64.4 cm³/mol. The maximum absolute atomic E-state index is 11.7. The lowest BCUT2D eigenvalue weighted by molar-refractivity contribution is -0.122. The lowest BCUT2D eigenvalue weighted by Gasteiger charge is -2.11. The van der Waals surface area contributed by atoms with Crippen molar-refractivity contribution in [2.75, 3.05) is 6.61 Å². The number of carbonyl (C=O) groups is 1. The molecule has 0 aliphatic rings. The van der Waals surface area contributed by atoms with Crippen LogP contribution >= 0.6 is 0 Å². The number of nitrogens with one attached hydrogen (secondary N) is 1. The number of aromatic nitrogens is 2. The van der Waals surface area contributed by atoms with Gasteiger partial charge in [-0.15, -0.1) is 0 Å². The third-order valence-electron chi connectivity index (χ3n) is 2.52. The molecule has 0 aliphatic carbocycles. The van der Waals surface area contributed by atoms with Gasteiger partial charge < -0.3 is 15.0 Å². The van der Waals surface area contributed by atoms with E-state index in [1.807, 2.05) is 24.3 Å². The van der Waals surface area contributed by atoms with Crippen molar-refractivity contribution in [3.8, 4) is 0 Å². The zero-order valence-electron chi connectivity index (χ0n) is 9.63. The largest absolute Gasteiger partial charge is 0.394 e. The molecule has 5 nitrogen and oxygen atoms in total. The normalized spacial score (nSPS) is 12.6. The third-order valence-corrected chi connectivity index (χ3v) is 2.52. The number of carbonyl (C=O) groups excluding carboxylic acids is 1. The molecule has 0 bridgehead atoms. The number of rotatable bonds is 4. The van der Waals surface area contributed by atoms with Gasteiger partial charge in [-0.2, -0.15) is 0 Å². The first kappa shape index (κ1) is 11.6. The maximum Gasteiger partial charge on any atom is 0.240 e. The third kappa shape index (κ3) is 2.62. The highest BCUT2D eigenvalue weighted by atomic mass is 16.3. The van der Waals surface area contributed by atoms with Crippen molar-refractivity contribution in [1.82, 2.24) is 14.9 Å². The molecule has 0 saturated carbocycles. The molecule has 90 valence electrons. The summed E-state index contributed by atoms with van der Waals surface area (Å²) in [5, 5.41) is 11.5. The number of hydrogen-bond acceptors (Lipinski definition) is 3. The SMILES string of the molecule is CC(CO)NC(=O)Cn1cnc2ccccc21. The highest BCUT2D eigenvalue weighted by Gasteiger charge is 2.08. The number of aliphatic hydroxyl groups is 1. The highest BCUT2D eigenvalue weighted by Crippen LogP contribution is 2.11. The van der Waals surface area contributed by atoms with Crippen LogP contribution in [0.2, 0.25) is 0 Å². The second kappa shape index (κ2) is 4.97. The summed E-state index contributed by atoms with van der Waals surface area (Å²) in [4.78, 5) is 15.9. The van der Waals surface area contributed by atoms with Crippen molar-refractivity contribution in [3.05, 3.63) is 30.6 Å². The molecular formula is C12H15N3O2. The topological polar surface area (TPSA) is 67.2 Å². The Kier molecular flexibility index (Phi) is 3.39. The van der Waals surface area contributed by atoms with Crippen LogP contribution in [0.4, 0.5) is 0 Å². The molecule has 1 amide bonds. The van der Waals surface area contributed by atoms with Crippen LogP contribution in [0.1, 0.15) is 6.92 Å². The second-order valence-corrected chi connectivity index (χ2v) is 4.01. The molecule has 2 rings (SSSR count). The lowest BCUT2D eigenvalue weighted by Crippen LogP contribution is -2.37. The van der Waals surface area contributed by atoms with Crippen molar-refractivity contribution in [2.24, 2.45) is 0 Å². The molecule has 1 unspecified atom stereocenters. The fourth-order valence-electron chi connectivity index (χ4n) is 1.66. The molecule has 5 heteroatoms. The van der Waals surface area contributed by atoms with E-state index >= 15 is 0 Å². The van der Waals surface area contributed by atoms with E-state index in [4.69, 9.17) is 5.11 Å². The number of hydrogen-bond donors (Lipinski definition) is 2. The Hall–Kier alpha value is -1.88. The molecule has 1 aromatic carbocycles. The summed E-state index contributed by atoms with van der Waals surface area (Å²) >= 11 is 0. The fraction of sp³-hybridized carbons (Fsp3) is 0.333. The summed E-state index contributed by atoms with van der Waals surface area (Å²) < 4.78 is 1.79. The van der Waals surface area contributed by atoms with E-state index in [0.29, 0.717) is 0 Å². The Morgan fingerprint density at radius 2 is 2.29 bits per heavy atom. The Bertz CT molecular complexity index is 521. The number of benzene rings is 1. The van der Waals surface area contributed by atoms with E-state index in [-0.39, 0.29) is 25.1 Å². The summed E-state index contributed by atoms with van der Waals surface area (Å²) in [5.74, 6) is -0.130. The standard InChI is InChI=1S/C12H15N3O2/c1-9(7-16)14-12(17)6-15-8-13-10-4-2-3-5-11(10)15/h2-5,8-9,16H,6-7H2,1H3,(H,14,17). The smallest absolute Gasteiger partial charge is 0.240 e. The average Bonchev–Trinajstić information content (AvgIpc) is 2.72. The molecular weight excluding hydrogens is 218 g/mol. The number of aliphatic hydroxyl groups excluding tert-OH is 1. The lowest BCUT2D eigenvalue weighted by atomic mass is 10.3. The quantitative estimate of drug-likeness (QED) is 0.809. The Balaban J connectivity index is 2.11. The van der Waals surface area contributed by atoms with Crippen LogP contribution in [0.15, 0.2) is 30.6 Å². The van der Waals surface area contributed by atoms with Gasteiger partial charge in [-0.05, 0) is 19.1 Å². The van der Waals surface area contributed by atoms with Crippen LogP contribution in [0.5, 0.6) is 0 Å². The average molecular weight is 233 g/mol. The summed E-state index contributed by atoms with van der Waals surface area (Å²) in [6, 6.07) is 7.42. The minimum absolute atomic E-state index is 0.0591. The van der Waals surface area contributed by atoms with Gasteiger partial charge in [0.2, 0.25) is 5.91 Å². The van der Waals surface area contributed by atoms with Gasteiger partial charge in [0.15, 0.2) is 0 Å². The molecule has 0 radical (unpaired) electrons. The van der Waals surface area contributed by atoms with Crippen LogP contribution in [0, 0.1) is 0 Å². The van der Waals surface area contributed by atoms with Gasteiger partial charge in [-0.1, -0.05) is 12.1 Å². The molecule has 2 aromatic rings. The molecule has 0 fully saturated rings. The molecule has 1 aromatic heterocycles. The van der Waals surface area contributed by atoms with E-state index in [9.17, 15) is 4.79 Å². The van der Waals surface area contributed by atoms with E-state index in [1.54, 1.807) is 17.8 Å². The number of fused-ring (bicyclic) bond motifs is 1. The molecule has 17 heavy (non-hydrogen) atoms. The maximum atomic E-state index is 11.7. The molecule has 2 N–H and O–H groups in total. The van der Waals surface area contributed by atoms with Crippen LogP contribution in [-0.2, 0) is 11.3 Å². The zero-order valence-corrected chi connectivity index (χ0v) is 9.63. The molecule has 0 aliphatic heterocycles. The van der Waals surface area contributed by atoms with Crippen molar-refractivity contribution in [1.29, 1.82) is 0 Å². The first-order chi connectivity index (χ1) is 8.20. The van der Waals surface area contributed by atoms with Gasteiger partial charge in [-0.25, -0.2) is 4.98 Å². The van der Waals surface area contributed by atoms with Crippen molar-refractivity contribution in [2.45, 2.75) is 19.5 Å². The van der Waals surface area contributed by atoms with Crippen LogP contribution < -0.4 is 5.32 Å². The van der Waals surface area contributed by atoms with Gasteiger partial charge in [0.05, 0.1) is 24.0 Å². The van der Waals surface area contributed by atoms with Crippen LogP contribution in [0.3, 0.4) is 0 Å². The Labute approximate surface area is 99.1 Å². The molecule has 0 saturated heterocycles. The summed E-state index contributed by atoms with van der Waals surface area (Å²) in [7, 11) is 0. The minimum Gasteiger partial charge on any atom is -0.394 e. The van der Waals surface area contributed by atoms with Gasteiger partial charge in [-0.3, -0.25) is 4.79 Å².